The van der Waals surface area contributed by atoms with Crippen LogP contribution in [0.25, 0.3) is 0 Å². The lowest BCUT2D eigenvalue weighted by Crippen LogP contribution is -2.33. The molecule has 1 N–H and O–H groups in total. The Balaban J connectivity index is 0.00000110. The second-order valence-corrected chi connectivity index (χ2v) is 5.61. The number of hydrogen-bond acceptors (Lipinski definition) is 3. The van der Waals surface area contributed by atoms with E-state index in [1.807, 2.05) is 0 Å². The molecule has 2 aliphatic heterocycles. The van der Waals surface area contributed by atoms with E-state index in [4.69, 9.17) is 4.74 Å². The van der Waals surface area contributed by atoms with Crippen LogP contribution in [-0.2, 0) is 13.0 Å². The lowest BCUT2D eigenvalue weighted by atomic mass is 10.0. The largest absolute Gasteiger partial charge is 0.492 e. The van der Waals surface area contributed by atoms with Gasteiger partial charge in [-0.15, -0.1) is 24.8 Å². The molecule has 0 atom stereocenters. The first-order chi connectivity index (χ1) is 9.42. The molecule has 0 aliphatic carbocycles. The number of halogens is 2. The summed E-state index contributed by atoms with van der Waals surface area (Å²) >= 11 is 0. The van der Waals surface area contributed by atoms with Gasteiger partial charge in [-0.25, -0.2) is 0 Å². The number of ether oxygens (including phenoxy) is 1. The molecule has 1 fully saturated rings. The third-order valence-electron chi connectivity index (χ3n) is 4.19. The number of benzene rings is 1. The van der Waals surface area contributed by atoms with Gasteiger partial charge in [-0.05, 0) is 62.2 Å². The van der Waals surface area contributed by atoms with Crippen molar-refractivity contribution in [2.75, 3.05) is 32.8 Å². The van der Waals surface area contributed by atoms with Gasteiger partial charge in [0.1, 0.15) is 12.4 Å². The van der Waals surface area contributed by atoms with E-state index in [0.29, 0.717) is 0 Å². The topological polar surface area (TPSA) is 24.5 Å². The van der Waals surface area contributed by atoms with Crippen LogP contribution >= 0.6 is 24.8 Å². The molecule has 3 rings (SSSR count). The molecular weight excluding hydrogens is 307 g/mol. The molecule has 1 saturated heterocycles. The predicted octanol–water partition coefficient (Wildman–Crippen LogP) is 3.04. The predicted molar refractivity (Wildman–Crippen MR) is 92.1 cm³/mol. The van der Waals surface area contributed by atoms with Crippen LogP contribution in [-0.4, -0.2) is 37.7 Å². The third-order valence-corrected chi connectivity index (χ3v) is 4.19. The first-order valence-corrected chi connectivity index (χ1v) is 7.59. The van der Waals surface area contributed by atoms with Crippen molar-refractivity contribution in [1.29, 1.82) is 0 Å². The molecule has 0 amide bonds. The highest BCUT2D eigenvalue weighted by Crippen LogP contribution is 2.20. The van der Waals surface area contributed by atoms with Gasteiger partial charge in [0.15, 0.2) is 0 Å². The van der Waals surface area contributed by atoms with E-state index in [2.05, 4.69) is 28.4 Å². The van der Waals surface area contributed by atoms with Gasteiger partial charge in [-0.1, -0.05) is 12.5 Å². The number of fused-ring (bicyclic) bond motifs is 1. The highest BCUT2D eigenvalue weighted by molar-refractivity contribution is 5.85. The van der Waals surface area contributed by atoms with Crippen molar-refractivity contribution in [2.45, 2.75) is 32.2 Å². The Labute approximate surface area is 140 Å². The van der Waals surface area contributed by atoms with Gasteiger partial charge in [0.2, 0.25) is 0 Å². The summed E-state index contributed by atoms with van der Waals surface area (Å²) in [5.74, 6) is 1.04. The van der Waals surface area contributed by atoms with Crippen molar-refractivity contribution >= 4 is 24.8 Å². The average Bonchev–Trinajstić information content (AvgIpc) is 2.48. The van der Waals surface area contributed by atoms with Crippen molar-refractivity contribution in [3.63, 3.8) is 0 Å². The van der Waals surface area contributed by atoms with E-state index in [1.54, 1.807) is 0 Å². The van der Waals surface area contributed by atoms with E-state index < -0.39 is 0 Å². The standard InChI is InChI=1S/C16H24N2O.2ClH/c1-2-8-18(9-3-1)10-11-19-16-5-4-15-13-17-7-6-14(15)12-16;;/h4-5,12,17H,1-3,6-11,13H2;2*1H. The van der Waals surface area contributed by atoms with Gasteiger partial charge < -0.3 is 10.1 Å². The second-order valence-electron chi connectivity index (χ2n) is 5.61. The summed E-state index contributed by atoms with van der Waals surface area (Å²) in [4.78, 5) is 2.52. The molecule has 0 unspecified atom stereocenters. The first kappa shape index (κ1) is 18.6. The summed E-state index contributed by atoms with van der Waals surface area (Å²) in [5, 5.41) is 3.40. The fourth-order valence-electron chi connectivity index (χ4n) is 3.02. The molecule has 0 saturated carbocycles. The van der Waals surface area contributed by atoms with Crippen LogP contribution in [0.4, 0.5) is 0 Å². The van der Waals surface area contributed by atoms with Crippen LogP contribution in [0.1, 0.15) is 30.4 Å². The minimum atomic E-state index is 0. The van der Waals surface area contributed by atoms with Gasteiger partial charge in [-0.2, -0.15) is 0 Å². The van der Waals surface area contributed by atoms with Crippen LogP contribution < -0.4 is 10.1 Å². The van der Waals surface area contributed by atoms with Gasteiger partial charge in [0.25, 0.3) is 0 Å². The van der Waals surface area contributed by atoms with Crippen molar-refractivity contribution < 1.29 is 4.74 Å². The Kier molecular flexibility index (Phi) is 8.42. The van der Waals surface area contributed by atoms with E-state index in [0.717, 1.165) is 38.4 Å². The lowest BCUT2D eigenvalue weighted by molar-refractivity contribution is 0.183. The Hall–Kier alpha value is -0.480. The summed E-state index contributed by atoms with van der Waals surface area (Å²) in [6, 6.07) is 6.55. The molecule has 0 bridgehead atoms. The zero-order chi connectivity index (χ0) is 12.9. The maximum Gasteiger partial charge on any atom is 0.119 e. The number of nitrogens with one attached hydrogen (secondary N) is 1. The Morgan fingerprint density at radius 1 is 1.05 bits per heavy atom. The summed E-state index contributed by atoms with van der Waals surface area (Å²) < 4.78 is 5.91. The number of nitrogens with zero attached hydrogens (tertiary/aromatic N) is 1. The molecular formula is C16H26Cl2N2O. The molecule has 5 heteroatoms. The smallest absolute Gasteiger partial charge is 0.119 e. The van der Waals surface area contributed by atoms with E-state index in [-0.39, 0.29) is 24.8 Å². The Morgan fingerprint density at radius 3 is 2.67 bits per heavy atom. The van der Waals surface area contributed by atoms with Crippen molar-refractivity contribution in [1.82, 2.24) is 10.2 Å². The maximum absolute atomic E-state index is 5.91. The number of piperidine rings is 1. The maximum atomic E-state index is 5.91. The molecule has 21 heavy (non-hydrogen) atoms. The quantitative estimate of drug-likeness (QED) is 0.917. The molecule has 1 aromatic carbocycles. The van der Waals surface area contributed by atoms with Gasteiger partial charge in [0.05, 0.1) is 0 Å². The van der Waals surface area contributed by atoms with E-state index in [9.17, 15) is 0 Å². The van der Waals surface area contributed by atoms with Crippen molar-refractivity contribution in [3.8, 4) is 5.75 Å². The fraction of sp³-hybridized carbons (Fsp3) is 0.625. The molecule has 0 aromatic heterocycles. The Bertz CT molecular complexity index is 423. The lowest BCUT2D eigenvalue weighted by Gasteiger charge is -2.26. The molecule has 2 heterocycles. The zero-order valence-electron chi connectivity index (χ0n) is 12.5. The number of likely N-dealkylation sites (tertiary alicyclic amines) is 1. The van der Waals surface area contributed by atoms with Crippen LogP contribution in [0.15, 0.2) is 18.2 Å². The summed E-state index contributed by atoms with van der Waals surface area (Å²) in [5.41, 5.74) is 2.88. The van der Waals surface area contributed by atoms with Crippen LogP contribution in [0, 0.1) is 0 Å². The van der Waals surface area contributed by atoms with Crippen molar-refractivity contribution in [2.24, 2.45) is 0 Å². The van der Waals surface area contributed by atoms with E-state index >= 15 is 0 Å². The third kappa shape index (κ3) is 5.33. The molecule has 2 aliphatic rings. The second kappa shape index (κ2) is 9.52. The summed E-state index contributed by atoms with van der Waals surface area (Å²) in [6.07, 6.45) is 5.23. The molecule has 0 radical (unpaired) electrons. The fourth-order valence-corrected chi connectivity index (χ4v) is 3.02. The molecule has 120 valence electrons. The highest BCUT2D eigenvalue weighted by Gasteiger charge is 2.11. The van der Waals surface area contributed by atoms with Crippen molar-refractivity contribution in [3.05, 3.63) is 29.3 Å². The molecule has 0 spiro atoms. The number of hydrogen-bond donors (Lipinski definition) is 1. The monoisotopic (exact) mass is 332 g/mol. The number of rotatable bonds is 4. The van der Waals surface area contributed by atoms with Crippen LogP contribution in [0.3, 0.4) is 0 Å². The Morgan fingerprint density at radius 2 is 1.86 bits per heavy atom. The summed E-state index contributed by atoms with van der Waals surface area (Å²) in [6.45, 7) is 6.47. The normalized spacial score (nSPS) is 18.1. The highest BCUT2D eigenvalue weighted by atomic mass is 35.5. The zero-order valence-corrected chi connectivity index (χ0v) is 14.1. The van der Waals surface area contributed by atoms with Gasteiger partial charge >= 0.3 is 0 Å². The average molecular weight is 333 g/mol. The summed E-state index contributed by atoms with van der Waals surface area (Å²) in [7, 11) is 0. The minimum absolute atomic E-state index is 0. The molecule has 3 nitrogen and oxygen atoms in total. The van der Waals surface area contributed by atoms with Gasteiger partial charge in [-0.3, -0.25) is 4.90 Å². The SMILES string of the molecule is Cl.Cl.c1cc2c(cc1OCCN1CCCCC1)CCNC2. The first-order valence-electron chi connectivity index (χ1n) is 7.59. The van der Waals surface area contributed by atoms with Gasteiger partial charge in [0, 0.05) is 13.1 Å². The van der Waals surface area contributed by atoms with E-state index in [1.165, 1.54) is 43.5 Å². The molecule has 1 aromatic rings. The van der Waals surface area contributed by atoms with Crippen LogP contribution in [0.5, 0.6) is 5.75 Å². The minimum Gasteiger partial charge on any atom is -0.492 e. The van der Waals surface area contributed by atoms with Crippen LogP contribution in [0.2, 0.25) is 0 Å².